The lowest BCUT2D eigenvalue weighted by Crippen LogP contribution is -2.46. The zero-order chi connectivity index (χ0) is 13.1. The number of halogens is 2. The number of hydrogen-bond acceptors (Lipinski definition) is 3. The topological polar surface area (TPSA) is 38.3 Å². The molecule has 1 rings (SSSR count). The summed E-state index contributed by atoms with van der Waals surface area (Å²) in [6, 6.07) is 5.64. The zero-order valence-electron chi connectivity index (χ0n) is 10.0. The zero-order valence-corrected chi connectivity index (χ0v) is 12.4. The molecule has 0 saturated heterocycles. The van der Waals surface area contributed by atoms with E-state index in [1.54, 1.807) is 13.8 Å². The second-order valence-electron chi connectivity index (χ2n) is 4.22. The Morgan fingerprint density at radius 3 is 2.71 bits per heavy atom. The van der Waals surface area contributed by atoms with Crippen molar-refractivity contribution in [2.24, 2.45) is 0 Å². The molecule has 0 unspecified atom stereocenters. The summed E-state index contributed by atoms with van der Waals surface area (Å²) < 4.78 is 5.56. The van der Waals surface area contributed by atoms with Crippen molar-refractivity contribution in [2.75, 3.05) is 7.11 Å². The summed E-state index contributed by atoms with van der Waals surface area (Å²) in [7, 11) is 1.38. The van der Waals surface area contributed by atoms with Crippen molar-refractivity contribution < 1.29 is 9.53 Å². The Kier molecular flexibility index (Phi) is 4.98. The molecule has 0 heterocycles. The number of esters is 1. The smallest absolute Gasteiger partial charge is 0.325 e. The predicted molar refractivity (Wildman–Crippen MR) is 72.1 cm³/mol. The molecule has 0 spiro atoms. The highest BCUT2D eigenvalue weighted by atomic mass is 79.9. The summed E-state index contributed by atoms with van der Waals surface area (Å²) >= 11 is 9.26. The van der Waals surface area contributed by atoms with Crippen LogP contribution in [0.3, 0.4) is 0 Å². The van der Waals surface area contributed by atoms with E-state index in [1.807, 2.05) is 18.2 Å². The number of hydrogen-bond donors (Lipinski definition) is 1. The predicted octanol–water partition coefficient (Wildman–Crippen LogP) is 3.14. The maximum atomic E-state index is 11.5. The van der Waals surface area contributed by atoms with Crippen LogP contribution in [0, 0.1) is 0 Å². The van der Waals surface area contributed by atoms with E-state index in [0.717, 1.165) is 10.0 Å². The van der Waals surface area contributed by atoms with Crippen LogP contribution in [0.1, 0.15) is 19.4 Å². The molecule has 0 atom stereocenters. The van der Waals surface area contributed by atoms with Gasteiger partial charge in [0.15, 0.2) is 0 Å². The number of rotatable bonds is 4. The molecule has 0 aliphatic rings. The highest BCUT2D eigenvalue weighted by molar-refractivity contribution is 9.10. The fraction of sp³-hybridized carbons (Fsp3) is 0.417. The van der Waals surface area contributed by atoms with Crippen molar-refractivity contribution in [1.29, 1.82) is 0 Å². The Labute approximate surface area is 115 Å². The van der Waals surface area contributed by atoms with E-state index in [9.17, 15) is 4.79 Å². The summed E-state index contributed by atoms with van der Waals surface area (Å²) in [6.45, 7) is 4.13. The lowest BCUT2D eigenvalue weighted by Gasteiger charge is -2.23. The largest absolute Gasteiger partial charge is 0.468 e. The van der Waals surface area contributed by atoms with Crippen molar-refractivity contribution in [3.63, 3.8) is 0 Å². The molecule has 0 bridgehead atoms. The van der Waals surface area contributed by atoms with Crippen molar-refractivity contribution in [3.8, 4) is 0 Å². The maximum absolute atomic E-state index is 11.5. The molecule has 0 aliphatic carbocycles. The summed E-state index contributed by atoms with van der Waals surface area (Å²) in [5.41, 5.74) is 0.333. The van der Waals surface area contributed by atoms with Gasteiger partial charge < -0.3 is 4.74 Å². The SMILES string of the molecule is COC(=O)C(C)(C)NCc1ccc(Cl)c(Br)c1. The molecule has 0 aromatic heterocycles. The molecule has 0 aliphatic heterocycles. The molecule has 17 heavy (non-hydrogen) atoms. The highest BCUT2D eigenvalue weighted by Gasteiger charge is 2.27. The molecule has 0 saturated carbocycles. The quantitative estimate of drug-likeness (QED) is 0.866. The summed E-state index contributed by atoms with van der Waals surface area (Å²) in [6.07, 6.45) is 0. The number of carbonyl (C=O) groups excluding carboxylic acids is 1. The standard InChI is InChI=1S/C12H15BrClNO2/c1-12(2,11(16)17-3)15-7-8-4-5-10(14)9(13)6-8/h4-6,15H,7H2,1-3H3. The number of ether oxygens (including phenoxy) is 1. The van der Waals surface area contributed by atoms with E-state index in [0.29, 0.717) is 11.6 Å². The summed E-state index contributed by atoms with van der Waals surface area (Å²) in [4.78, 5) is 11.5. The van der Waals surface area contributed by atoms with E-state index in [-0.39, 0.29) is 5.97 Å². The minimum absolute atomic E-state index is 0.287. The van der Waals surface area contributed by atoms with Gasteiger partial charge in [0.25, 0.3) is 0 Å². The third-order valence-electron chi connectivity index (χ3n) is 2.41. The first-order valence-corrected chi connectivity index (χ1v) is 6.31. The Bertz CT molecular complexity index is 421. The summed E-state index contributed by atoms with van der Waals surface area (Å²) in [5.74, 6) is -0.287. The average Bonchev–Trinajstić information content (AvgIpc) is 2.29. The molecule has 1 N–H and O–H groups in total. The van der Waals surface area contributed by atoms with Crippen LogP contribution in [0.15, 0.2) is 22.7 Å². The first-order valence-electron chi connectivity index (χ1n) is 5.14. The normalized spacial score (nSPS) is 11.4. The molecule has 1 aromatic carbocycles. The van der Waals surface area contributed by atoms with Crippen LogP contribution < -0.4 is 5.32 Å². The van der Waals surface area contributed by atoms with Gasteiger partial charge in [0.05, 0.1) is 12.1 Å². The lowest BCUT2D eigenvalue weighted by atomic mass is 10.1. The fourth-order valence-corrected chi connectivity index (χ4v) is 1.84. The van der Waals surface area contributed by atoms with E-state index in [1.165, 1.54) is 7.11 Å². The Morgan fingerprint density at radius 1 is 1.53 bits per heavy atom. The number of carbonyl (C=O) groups is 1. The Balaban J connectivity index is 2.67. The van der Waals surface area contributed by atoms with Crippen LogP contribution in [-0.2, 0) is 16.1 Å². The van der Waals surface area contributed by atoms with Gasteiger partial charge in [-0.1, -0.05) is 17.7 Å². The van der Waals surface area contributed by atoms with Gasteiger partial charge >= 0.3 is 5.97 Å². The number of benzene rings is 1. The minimum Gasteiger partial charge on any atom is -0.468 e. The van der Waals surface area contributed by atoms with Crippen molar-refractivity contribution in [1.82, 2.24) is 5.32 Å². The maximum Gasteiger partial charge on any atom is 0.325 e. The van der Waals surface area contributed by atoms with E-state index in [2.05, 4.69) is 21.2 Å². The van der Waals surface area contributed by atoms with E-state index < -0.39 is 5.54 Å². The molecule has 5 heteroatoms. The van der Waals surface area contributed by atoms with Crippen LogP contribution in [0.4, 0.5) is 0 Å². The second kappa shape index (κ2) is 5.85. The first-order chi connectivity index (χ1) is 7.86. The van der Waals surface area contributed by atoms with Crippen LogP contribution in [0.5, 0.6) is 0 Å². The van der Waals surface area contributed by atoms with Gasteiger partial charge in [-0.15, -0.1) is 0 Å². The first kappa shape index (κ1) is 14.5. The molecular weight excluding hydrogens is 305 g/mol. The van der Waals surface area contributed by atoms with Crippen molar-refractivity contribution >= 4 is 33.5 Å². The molecule has 94 valence electrons. The Hall–Kier alpha value is -0.580. The molecule has 0 amide bonds. The van der Waals surface area contributed by atoms with Gasteiger partial charge in [0.1, 0.15) is 5.54 Å². The van der Waals surface area contributed by atoms with Crippen LogP contribution in [-0.4, -0.2) is 18.6 Å². The van der Waals surface area contributed by atoms with Gasteiger partial charge in [-0.05, 0) is 47.5 Å². The van der Waals surface area contributed by atoms with Crippen LogP contribution in [0.2, 0.25) is 5.02 Å². The minimum atomic E-state index is -0.707. The lowest BCUT2D eigenvalue weighted by molar-refractivity contribution is -0.147. The van der Waals surface area contributed by atoms with Crippen LogP contribution >= 0.6 is 27.5 Å². The highest BCUT2D eigenvalue weighted by Crippen LogP contribution is 2.23. The monoisotopic (exact) mass is 319 g/mol. The van der Waals surface area contributed by atoms with Gasteiger partial charge in [-0.3, -0.25) is 10.1 Å². The van der Waals surface area contributed by atoms with Gasteiger partial charge in [0.2, 0.25) is 0 Å². The number of methoxy groups -OCH3 is 1. The fourth-order valence-electron chi connectivity index (χ4n) is 1.30. The third kappa shape index (κ3) is 3.98. The van der Waals surface area contributed by atoms with E-state index in [4.69, 9.17) is 16.3 Å². The molecular formula is C12H15BrClNO2. The van der Waals surface area contributed by atoms with Crippen LogP contribution in [0.25, 0.3) is 0 Å². The van der Waals surface area contributed by atoms with Crippen molar-refractivity contribution in [3.05, 3.63) is 33.3 Å². The Morgan fingerprint density at radius 2 is 2.18 bits per heavy atom. The molecule has 0 radical (unpaired) electrons. The number of nitrogens with one attached hydrogen (secondary N) is 1. The third-order valence-corrected chi connectivity index (χ3v) is 3.63. The van der Waals surface area contributed by atoms with Gasteiger partial charge in [0, 0.05) is 11.0 Å². The molecule has 0 fully saturated rings. The summed E-state index contributed by atoms with van der Waals surface area (Å²) in [5, 5.41) is 3.80. The van der Waals surface area contributed by atoms with E-state index >= 15 is 0 Å². The molecule has 3 nitrogen and oxygen atoms in total. The van der Waals surface area contributed by atoms with Gasteiger partial charge in [-0.2, -0.15) is 0 Å². The molecule has 1 aromatic rings. The van der Waals surface area contributed by atoms with Crippen molar-refractivity contribution in [2.45, 2.75) is 25.9 Å². The second-order valence-corrected chi connectivity index (χ2v) is 5.48. The van der Waals surface area contributed by atoms with Gasteiger partial charge in [-0.25, -0.2) is 0 Å². The average molecular weight is 321 g/mol.